The van der Waals surface area contributed by atoms with Gasteiger partial charge in [0.05, 0.1) is 18.3 Å². The summed E-state index contributed by atoms with van der Waals surface area (Å²) in [5, 5.41) is 7.19. The molecule has 14 heteroatoms. The summed E-state index contributed by atoms with van der Waals surface area (Å²) in [7, 11) is -2.00. The standard InChI is InChI=1S/C28H40N8O3S.2ClH/c1-39-23-10-12-24(13-11-23)40(37,38)35-16-14-21(15-17-35)31-26-25-27(36(18-30-25)22-4-2-3-5-22)34-28(33-26)32-20-8-6-19(29)7-9-20;;/h10-13,18-22H,2-9,14-17,29H2,1H3,(H2,31,32,33,34);2*1H/t19-,20-;;. The molecule has 3 fully saturated rings. The first kappa shape index (κ1) is 32.5. The fourth-order valence-electron chi connectivity index (χ4n) is 6.31. The number of hydrogen-bond acceptors (Lipinski definition) is 9. The molecular weight excluding hydrogens is 599 g/mol. The van der Waals surface area contributed by atoms with E-state index in [1.54, 1.807) is 35.7 Å². The van der Waals surface area contributed by atoms with Gasteiger partial charge in [0.1, 0.15) is 5.75 Å². The Hall–Kier alpha value is -2.38. The molecule has 0 spiro atoms. The molecule has 1 aliphatic heterocycles. The summed E-state index contributed by atoms with van der Waals surface area (Å²) in [6.45, 7) is 0.869. The Labute approximate surface area is 260 Å². The number of imidazole rings is 1. The van der Waals surface area contributed by atoms with Gasteiger partial charge in [0, 0.05) is 37.3 Å². The van der Waals surface area contributed by atoms with Crippen molar-refractivity contribution in [2.75, 3.05) is 30.8 Å². The third-order valence-corrected chi connectivity index (χ3v) is 10.6. The molecule has 3 heterocycles. The molecule has 3 aliphatic rings. The van der Waals surface area contributed by atoms with Gasteiger partial charge in [0.25, 0.3) is 0 Å². The highest BCUT2D eigenvalue weighted by atomic mass is 35.5. The number of nitrogens with zero attached hydrogens (tertiary/aromatic N) is 5. The van der Waals surface area contributed by atoms with Crippen molar-refractivity contribution in [2.45, 2.75) is 93.3 Å². The second-order valence-corrected chi connectivity index (χ2v) is 13.4. The Bertz CT molecular complexity index is 1420. The summed E-state index contributed by atoms with van der Waals surface area (Å²) in [4.78, 5) is 14.9. The second kappa shape index (κ2) is 13.9. The van der Waals surface area contributed by atoms with Gasteiger partial charge in [-0.3, -0.25) is 0 Å². The number of nitrogens with two attached hydrogens (primary N) is 1. The molecule has 42 heavy (non-hydrogen) atoms. The summed E-state index contributed by atoms with van der Waals surface area (Å²) in [6, 6.07) is 7.65. The van der Waals surface area contributed by atoms with E-state index < -0.39 is 10.0 Å². The fourth-order valence-corrected chi connectivity index (χ4v) is 7.78. The molecule has 2 aliphatic carbocycles. The van der Waals surface area contributed by atoms with Gasteiger partial charge in [-0.2, -0.15) is 14.3 Å². The van der Waals surface area contributed by atoms with Crippen LogP contribution in [-0.2, 0) is 10.0 Å². The normalized spacial score (nSPS) is 22.3. The molecule has 0 bridgehead atoms. The lowest BCUT2D eigenvalue weighted by Crippen LogP contribution is -2.42. The van der Waals surface area contributed by atoms with E-state index in [9.17, 15) is 8.42 Å². The Morgan fingerprint density at radius 3 is 2.17 bits per heavy atom. The first-order valence-electron chi connectivity index (χ1n) is 14.6. The molecule has 1 saturated heterocycles. The predicted molar refractivity (Wildman–Crippen MR) is 170 cm³/mol. The van der Waals surface area contributed by atoms with Crippen LogP contribution >= 0.6 is 24.8 Å². The summed E-state index contributed by atoms with van der Waals surface area (Å²) < 4.78 is 35.4. The monoisotopic (exact) mass is 640 g/mol. The lowest BCUT2D eigenvalue weighted by atomic mass is 9.92. The van der Waals surface area contributed by atoms with Crippen molar-refractivity contribution in [3.63, 3.8) is 0 Å². The van der Waals surface area contributed by atoms with Crippen molar-refractivity contribution < 1.29 is 13.2 Å². The quantitative estimate of drug-likeness (QED) is 0.318. The maximum absolute atomic E-state index is 13.2. The number of benzene rings is 1. The van der Waals surface area contributed by atoms with Gasteiger partial charge in [-0.25, -0.2) is 13.4 Å². The Kier molecular flexibility index (Phi) is 10.8. The van der Waals surface area contributed by atoms with Crippen LogP contribution in [0.2, 0.25) is 0 Å². The van der Waals surface area contributed by atoms with Crippen LogP contribution in [0.25, 0.3) is 11.2 Å². The van der Waals surface area contributed by atoms with E-state index in [0.717, 1.165) is 49.7 Å². The van der Waals surface area contributed by atoms with E-state index in [4.69, 9.17) is 25.4 Å². The third-order valence-electron chi connectivity index (χ3n) is 8.74. The van der Waals surface area contributed by atoms with Gasteiger partial charge >= 0.3 is 0 Å². The average Bonchev–Trinajstić information content (AvgIpc) is 3.65. The zero-order chi connectivity index (χ0) is 27.7. The molecule has 11 nitrogen and oxygen atoms in total. The second-order valence-electron chi connectivity index (χ2n) is 11.4. The molecule has 6 rings (SSSR count). The number of methoxy groups -OCH3 is 1. The van der Waals surface area contributed by atoms with Gasteiger partial charge < -0.3 is 25.7 Å². The summed E-state index contributed by atoms with van der Waals surface area (Å²) in [5.41, 5.74) is 7.76. The van der Waals surface area contributed by atoms with Crippen molar-refractivity contribution in [3.8, 4) is 5.75 Å². The number of ether oxygens (including phenoxy) is 1. The van der Waals surface area contributed by atoms with E-state index in [2.05, 4.69) is 15.2 Å². The van der Waals surface area contributed by atoms with Crippen LogP contribution in [0, 0.1) is 0 Å². The minimum atomic E-state index is -3.56. The largest absolute Gasteiger partial charge is 0.497 e. The number of halogens is 2. The van der Waals surface area contributed by atoms with Gasteiger partial charge in [-0.05, 0) is 75.6 Å². The highest BCUT2D eigenvalue weighted by Crippen LogP contribution is 2.34. The first-order chi connectivity index (χ1) is 19.4. The molecule has 0 atom stereocenters. The lowest BCUT2D eigenvalue weighted by Gasteiger charge is -2.32. The Morgan fingerprint density at radius 2 is 1.52 bits per heavy atom. The molecule has 0 amide bonds. The van der Waals surface area contributed by atoms with E-state index in [1.165, 1.54) is 12.8 Å². The van der Waals surface area contributed by atoms with Crippen molar-refractivity contribution >= 4 is 57.8 Å². The summed E-state index contributed by atoms with van der Waals surface area (Å²) in [5.74, 6) is 1.97. The van der Waals surface area contributed by atoms with E-state index >= 15 is 0 Å². The SMILES string of the molecule is COc1ccc(S(=O)(=O)N2CCC(Nc3nc(N[C@H]4CC[C@H](N)CC4)nc4c3ncn4C3CCCC3)CC2)cc1.Cl.Cl. The number of nitrogens with one attached hydrogen (secondary N) is 2. The lowest BCUT2D eigenvalue weighted by molar-refractivity contribution is 0.329. The van der Waals surface area contributed by atoms with Crippen LogP contribution in [-0.4, -0.2) is 70.6 Å². The van der Waals surface area contributed by atoms with Crippen LogP contribution in [0.3, 0.4) is 0 Å². The Morgan fingerprint density at radius 1 is 0.881 bits per heavy atom. The number of piperidine rings is 1. The highest BCUT2D eigenvalue weighted by Gasteiger charge is 2.31. The number of anilines is 2. The first-order valence-corrected chi connectivity index (χ1v) is 16.0. The molecule has 232 valence electrons. The topological polar surface area (TPSA) is 140 Å². The van der Waals surface area contributed by atoms with Crippen molar-refractivity contribution in [3.05, 3.63) is 30.6 Å². The molecule has 2 aromatic heterocycles. The summed E-state index contributed by atoms with van der Waals surface area (Å²) in [6.07, 6.45) is 12.0. The van der Waals surface area contributed by atoms with Gasteiger partial charge in [0.2, 0.25) is 16.0 Å². The number of sulfonamides is 1. The van der Waals surface area contributed by atoms with E-state index in [1.807, 2.05) is 6.33 Å². The van der Waals surface area contributed by atoms with Gasteiger partial charge in [-0.15, -0.1) is 24.8 Å². The molecule has 4 N–H and O–H groups in total. The molecule has 0 radical (unpaired) electrons. The predicted octanol–water partition coefficient (Wildman–Crippen LogP) is 4.74. The molecule has 3 aromatic rings. The molecule has 1 aromatic carbocycles. The molecule has 0 unspecified atom stereocenters. The zero-order valence-corrected chi connectivity index (χ0v) is 26.4. The maximum Gasteiger partial charge on any atom is 0.243 e. The van der Waals surface area contributed by atoms with Crippen LogP contribution < -0.4 is 21.1 Å². The van der Waals surface area contributed by atoms with Crippen LogP contribution in [0.1, 0.15) is 70.3 Å². The number of fused-ring (bicyclic) bond motifs is 1. The third kappa shape index (κ3) is 6.88. The highest BCUT2D eigenvalue weighted by molar-refractivity contribution is 7.89. The number of hydrogen-bond donors (Lipinski definition) is 3. The minimum Gasteiger partial charge on any atom is -0.497 e. The molecule has 2 saturated carbocycles. The average molecular weight is 642 g/mol. The Balaban J connectivity index is 0.00000202. The smallest absolute Gasteiger partial charge is 0.243 e. The van der Waals surface area contributed by atoms with Crippen molar-refractivity contribution in [1.82, 2.24) is 23.8 Å². The van der Waals surface area contributed by atoms with Crippen LogP contribution in [0.4, 0.5) is 11.8 Å². The van der Waals surface area contributed by atoms with Gasteiger partial charge in [0.15, 0.2) is 17.0 Å². The number of aromatic nitrogens is 4. The summed E-state index contributed by atoms with van der Waals surface area (Å²) >= 11 is 0. The van der Waals surface area contributed by atoms with E-state index in [0.29, 0.717) is 55.5 Å². The van der Waals surface area contributed by atoms with Crippen LogP contribution in [0.5, 0.6) is 5.75 Å². The zero-order valence-electron chi connectivity index (χ0n) is 23.9. The van der Waals surface area contributed by atoms with Crippen molar-refractivity contribution in [2.24, 2.45) is 5.73 Å². The van der Waals surface area contributed by atoms with E-state index in [-0.39, 0.29) is 41.8 Å². The number of rotatable bonds is 8. The minimum absolute atomic E-state index is 0. The maximum atomic E-state index is 13.2. The fraction of sp³-hybridized carbons (Fsp3) is 0.607. The van der Waals surface area contributed by atoms with Crippen molar-refractivity contribution in [1.29, 1.82) is 0 Å². The molecular formula is C28H42Cl2N8O3S. The van der Waals surface area contributed by atoms with Gasteiger partial charge in [-0.1, -0.05) is 12.8 Å². The van der Waals surface area contributed by atoms with Crippen LogP contribution in [0.15, 0.2) is 35.5 Å².